The van der Waals surface area contributed by atoms with Crippen molar-refractivity contribution in [3.63, 3.8) is 0 Å². The Hall–Kier alpha value is -4.43. The standard InChI is InChI=1S/C36H41N3O4S/c1-5-31-18-12-13-19-33(31)39(44(42,43)32-22-20-28(4)21-23-32)26-35(40)38(25-30-16-10-7-11-17-30)34(36(41)37-27(2)3)24-29-14-8-6-9-15-29/h6-23,27,34H,5,24-26H2,1-4H3,(H,37,41)/t34-/m1/s1. The monoisotopic (exact) mass is 611 g/mol. The van der Waals surface area contributed by atoms with Crippen molar-refractivity contribution in [1.29, 1.82) is 0 Å². The second-order valence-corrected chi connectivity index (χ2v) is 13.0. The molecule has 0 saturated heterocycles. The zero-order chi connectivity index (χ0) is 31.7. The second-order valence-electron chi connectivity index (χ2n) is 11.2. The number of aryl methyl sites for hydroxylation is 2. The van der Waals surface area contributed by atoms with Crippen molar-refractivity contribution in [3.8, 4) is 0 Å². The number of hydrogen-bond acceptors (Lipinski definition) is 4. The van der Waals surface area contributed by atoms with Crippen molar-refractivity contribution in [3.05, 3.63) is 131 Å². The first kappa shape index (κ1) is 32.5. The molecule has 2 amide bonds. The second kappa shape index (κ2) is 14.8. The highest BCUT2D eigenvalue weighted by Crippen LogP contribution is 2.28. The fourth-order valence-corrected chi connectivity index (χ4v) is 6.57. The summed E-state index contributed by atoms with van der Waals surface area (Å²) < 4.78 is 29.7. The van der Waals surface area contributed by atoms with Gasteiger partial charge in [0.05, 0.1) is 10.6 Å². The number of sulfonamides is 1. The number of nitrogens with one attached hydrogen (secondary N) is 1. The van der Waals surface area contributed by atoms with Gasteiger partial charge >= 0.3 is 0 Å². The molecular formula is C36H41N3O4S. The van der Waals surface area contributed by atoms with E-state index in [0.717, 1.165) is 22.3 Å². The average Bonchev–Trinajstić information content (AvgIpc) is 3.02. The van der Waals surface area contributed by atoms with Gasteiger partial charge in [0.15, 0.2) is 0 Å². The van der Waals surface area contributed by atoms with E-state index >= 15 is 0 Å². The van der Waals surface area contributed by atoms with Crippen LogP contribution < -0.4 is 9.62 Å². The van der Waals surface area contributed by atoms with Crippen molar-refractivity contribution in [1.82, 2.24) is 10.2 Å². The first-order valence-electron chi connectivity index (χ1n) is 14.9. The molecule has 0 aliphatic rings. The van der Waals surface area contributed by atoms with Crippen LogP contribution in [-0.4, -0.2) is 43.8 Å². The Morgan fingerprint density at radius 3 is 1.93 bits per heavy atom. The minimum atomic E-state index is -4.14. The van der Waals surface area contributed by atoms with E-state index in [1.165, 1.54) is 9.21 Å². The molecule has 0 unspecified atom stereocenters. The van der Waals surface area contributed by atoms with Crippen LogP contribution in [-0.2, 0) is 39.0 Å². The molecule has 0 fully saturated rings. The molecule has 1 atom stereocenters. The zero-order valence-corrected chi connectivity index (χ0v) is 26.6. The Balaban J connectivity index is 1.82. The van der Waals surface area contributed by atoms with Crippen LogP contribution >= 0.6 is 0 Å². The van der Waals surface area contributed by atoms with E-state index < -0.39 is 28.5 Å². The van der Waals surface area contributed by atoms with E-state index in [4.69, 9.17) is 0 Å². The smallest absolute Gasteiger partial charge is 0.264 e. The van der Waals surface area contributed by atoms with Gasteiger partial charge in [0.1, 0.15) is 12.6 Å². The lowest BCUT2D eigenvalue weighted by Gasteiger charge is -2.34. The number of anilines is 1. The molecule has 0 aliphatic heterocycles. The van der Waals surface area contributed by atoms with Crippen molar-refractivity contribution in [2.45, 2.75) is 64.1 Å². The molecule has 0 aliphatic carbocycles. The summed E-state index contributed by atoms with van der Waals surface area (Å²) in [6.07, 6.45) is 0.847. The molecule has 0 aromatic heterocycles. The van der Waals surface area contributed by atoms with Crippen LogP contribution in [0.3, 0.4) is 0 Å². The van der Waals surface area contributed by atoms with Gasteiger partial charge in [0.25, 0.3) is 10.0 Å². The van der Waals surface area contributed by atoms with Crippen LogP contribution in [0.4, 0.5) is 5.69 Å². The van der Waals surface area contributed by atoms with Gasteiger partial charge in [-0.05, 0) is 62.1 Å². The molecule has 7 nitrogen and oxygen atoms in total. The molecule has 0 heterocycles. The average molecular weight is 612 g/mol. The van der Waals surface area contributed by atoms with Gasteiger partial charge in [-0.1, -0.05) is 103 Å². The van der Waals surface area contributed by atoms with E-state index in [2.05, 4.69) is 5.32 Å². The van der Waals surface area contributed by atoms with Gasteiger partial charge in [-0.2, -0.15) is 0 Å². The summed E-state index contributed by atoms with van der Waals surface area (Å²) in [6.45, 7) is 7.25. The van der Waals surface area contributed by atoms with Crippen molar-refractivity contribution >= 4 is 27.5 Å². The summed E-state index contributed by atoms with van der Waals surface area (Å²) in [5.74, 6) is -0.773. The van der Waals surface area contributed by atoms with Gasteiger partial charge in [0, 0.05) is 19.0 Å². The van der Waals surface area contributed by atoms with Gasteiger partial charge in [-0.3, -0.25) is 13.9 Å². The maximum absolute atomic E-state index is 14.5. The van der Waals surface area contributed by atoms with Crippen LogP contribution in [0.5, 0.6) is 0 Å². The first-order valence-corrected chi connectivity index (χ1v) is 16.4. The van der Waals surface area contributed by atoms with E-state index in [9.17, 15) is 18.0 Å². The Labute approximate surface area is 261 Å². The van der Waals surface area contributed by atoms with Crippen LogP contribution in [0.1, 0.15) is 43.0 Å². The number of benzene rings is 4. The maximum Gasteiger partial charge on any atom is 0.264 e. The lowest BCUT2D eigenvalue weighted by atomic mass is 10.0. The van der Waals surface area contributed by atoms with E-state index in [0.29, 0.717) is 12.1 Å². The van der Waals surface area contributed by atoms with Crippen molar-refractivity contribution in [2.24, 2.45) is 0 Å². The van der Waals surface area contributed by atoms with Crippen LogP contribution in [0.15, 0.2) is 114 Å². The fourth-order valence-electron chi connectivity index (χ4n) is 5.12. The Bertz CT molecular complexity index is 1640. The molecule has 0 spiro atoms. The molecule has 4 aromatic rings. The minimum Gasteiger partial charge on any atom is -0.352 e. The lowest BCUT2D eigenvalue weighted by Crippen LogP contribution is -2.54. The fraction of sp³-hybridized carbons (Fsp3) is 0.278. The number of rotatable bonds is 13. The molecular weight excluding hydrogens is 570 g/mol. The molecule has 230 valence electrons. The number of hydrogen-bond donors (Lipinski definition) is 1. The van der Waals surface area contributed by atoms with Crippen LogP contribution in [0.25, 0.3) is 0 Å². The number of amides is 2. The van der Waals surface area contributed by atoms with Gasteiger partial charge in [-0.15, -0.1) is 0 Å². The molecule has 0 saturated carbocycles. The Morgan fingerprint density at radius 1 is 0.773 bits per heavy atom. The lowest BCUT2D eigenvalue weighted by molar-refractivity contribution is -0.140. The molecule has 0 radical (unpaired) electrons. The summed E-state index contributed by atoms with van der Waals surface area (Å²) in [7, 11) is -4.14. The molecule has 0 bridgehead atoms. The van der Waals surface area contributed by atoms with Crippen molar-refractivity contribution < 1.29 is 18.0 Å². The Morgan fingerprint density at radius 2 is 1.34 bits per heavy atom. The number of para-hydroxylation sites is 1. The summed E-state index contributed by atoms with van der Waals surface area (Å²) in [5.41, 5.74) is 3.88. The van der Waals surface area contributed by atoms with Gasteiger partial charge in [-0.25, -0.2) is 8.42 Å². The molecule has 1 N–H and O–H groups in total. The van der Waals surface area contributed by atoms with Crippen LogP contribution in [0, 0.1) is 6.92 Å². The third-order valence-electron chi connectivity index (χ3n) is 7.43. The normalized spacial score (nSPS) is 12.0. The highest BCUT2D eigenvalue weighted by Gasteiger charge is 2.35. The third kappa shape index (κ3) is 8.14. The van der Waals surface area contributed by atoms with Gasteiger partial charge in [0.2, 0.25) is 11.8 Å². The van der Waals surface area contributed by atoms with Crippen molar-refractivity contribution in [2.75, 3.05) is 10.8 Å². The molecule has 4 aromatic carbocycles. The van der Waals surface area contributed by atoms with Crippen LogP contribution in [0.2, 0.25) is 0 Å². The minimum absolute atomic E-state index is 0.0924. The quantitative estimate of drug-likeness (QED) is 0.204. The topological polar surface area (TPSA) is 86.8 Å². The first-order chi connectivity index (χ1) is 21.1. The predicted octanol–water partition coefficient (Wildman–Crippen LogP) is 5.92. The summed E-state index contributed by atoms with van der Waals surface area (Å²) in [6, 6.07) is 31.8. The zero-order valence-electron chi connectivity index (χ0n) is 25.8. The molecule has 4 rings (SSSR count). The number of carbonyl (C=O) groups is 2. The summed E-state index contributed by atoms with van der Waals surface area (Å²) in [4.78, 5) is 29.9. The number of carbonyl (C=O) groups excluding carboxylic acids is 2. The maximum atomic E-state index is 14.5. The SMILES string of the molecule is CCc1ccccc1N(CC(=O)N(Cc1ccccc1)[C@H](Cc1ccccc1)C(=O)NC(C)C)S(=O)(=O)c1ccc(C)cc1. The summed E-state index contributed by atoms with van der Waals surface area (Å²) in [5, 5.41) is 2.98. The number of nitrogens with zero attached hydrogens (tertiary/aromatic N) is 2. The highest BCUT2D eigenvalue weighted by molar-refractivity contribution is 7.92. The summed E-state index contributed by atoms with van der Waals surface area (Å²) >= 11 is 0. The third-order valence-corrected chi connectivity index (χ3v) is 9.20. The Kier molecular flexibility index (Phi) is 11.0. The predicted molar refractivity (Wildman–Crippen MR) is 176 cm³/mol. The molecule has 44 heavy (non-hydrogen) atoms. The van der Waals surface area contributed by atoms with E-state index in [1.807, 2.05) is 100 Å². The van der Waals surface area contributed by atoms with E-state index in [1.54, 1.807) is 36.4 Å². The molecule has 8 heteroatoms. The highest BCUT2D eigenvalue weighted by atomic mass is 32.2. The van der Waals surface area contributed by atoms with E-state index in [-0.39, 0.29) is 29.8 Å². The van der Waals surface area contributed by atoms with Gasteiger partial charge < -0.3 is 10.2 Å². The largest absolute Gasteiger partial charge is 0.352 e.